The van der Waals surface area contributed by atoms with Gasteiger partial charge in [-0.25, -0.2) is 9.78 Å². The summed E-state index contributed by atoms with van der Waals surface area (Å²) in [5.41, 5.74) is 5.21. The Morgan fingerprint density at radius 3 is 2.81 bits per heavy atom. The number of anilines is 1. The molecule has 0 aliphatic heterocycles. The zero-order valence-electron chi connectivity index (χ0n) is 17.1. The first kappa shape index (κ1) is 19.6. The van der Waals surface area contributed by atoms with E-state index in [0.717, 1.165) is 63.6 Å². The Morgan fingerprint density at radius 1 is 1.06 bits per heavy atom. The topological polar surface area (TPSA) is 81.2 Å². The first-order chi connectivity index (χ1) is 15.1. The van der Waals surface area contributed by atoms with Crippen LogP contribution in [-0.2, 0) is 22.4 Å². The van der Waals surface area contributed by atoms with Crippen molar-refractivity contribution in [3.8, 4) is 0 Å². The monoisotopic (exact) mass is 431 g/mol. The molecule has 4 aromatic rings. The lowest BCUT2D eigenvalue weighted by Crippen LogP contribution is -2.22. The summed E-state index contributed by atoms with van der Waals surface area (Å²) in [6, 6.07) is 13.5. The molecule has 7 heteroatoms. The van der Waals surface area contributed by atoms with E-state index in [9.17, 15) is 9.59 Å². The fraction of sp³-hybridized carbons (Fsp3) is 0.250. The number of aryl methyl sites for hydroxylation is 2. The molecule has 0 spiro atoms. The quantitative estimate of drug-likeness (QED) is 0.468. The molecule has 1 aliphatic carbocycles. The number of nitrogens with one attached hydrogen (secondary N) is 1. The number of carbonyl (C=O) groups is 2. The van der Waals surface area contributed by atoms with E-state index in [0.29, 0.717) is 10.7 Å². The predicted octanol–water partition coefficient (Wildman–Crippen LogP) is 4.83. The van der Waals surface area contributed by atoms with Crippen LogP contribution < -0.4 is 5.32 Å². The van der Waals surface area contributed by atoms with Crippen LogP contribution in [0.3, 0.4) is 0 Å². The molecule has 2 heterocycles. The Kier molecular flexibility index (Phi) is 5.11. The molecular formula is C24H21N3O3S. The van der Waals surface area contributed by atoms with E-state index >= 15 is 0 Å². The zero-order valence-corrected chi connectivity index (χ0v) is 17.9. The summed E-state index contributed by atoms with van der Waals surface area (Å²) in [4.78, 5) is 34.6. The standard InChI is InChI=1S/C24H21N3O3S/c1-14-10-11-19-20(12-14)31-24(26-19)27-21(28)13-30-23(29)22-15-6-2-4-8-17(15)25-18-9-5-3-7-16(18)22/h2,4,6,8,10-12H,3,5,7,9,13H2,1H3,(H,26,27,28). The van der Waals surface area contributed by atoms with Gasteiger partial charge < -0.3 is 4.74 Å². The van der Waals surface area contributed by atoms with E-state index in [1.54, 1.807) is 0 Å². The maximum atomic E-state index is 13.0. The van der Waals surface area contributed by atoms with Crippen molar-refractivity contribution in [3.05, 3.63) is 64.8 Å². The SMILES string of the molecule is Cc1ccc2nc(NC(=O)COC(=O)c3c4c(nc5ccccc35)CCCC4)sc2c1. The number of aromatic nitrogens is 2. The minimum absolute atomic E-state index is 0.362. The Hall–Kier alpha value is -3.32. The van der Waals surface area contributed by atoms with Gasteiger partial charge in [0.15, 0.2) is 11.7 Å². The average molecular weight is 432 g/mol. The van der Waals surface area contributed by atoms with Crippen LogP contribution in [0, 0.1) is 6.92 Å². The molecule has 2 aromatic heterocycles. The second kappa shape index (κ2) is 8.07. The van der Waals surface area contributed by atoms with E-state index in [4.69, 9.17) is 9.72 Å². The summed E-state index contributed by atoms with van der Waals surface area (Å²) in [6.45, 7) is 1.65. The van der Waals surface area contributed by atoms with Gasteiger partial charge in [-0.05, 0) is 61.9 Å². The maximum Gasteiger partial charge on any atom is 0.339 e. The second-order valence-electron chi connectivity index (χ2n) is 7.75. The number of benzene rings is 2. The van der Waals surface area contributed by atoms with Gasteiger partial charge in [-0.2, -0.15) is 0 Å². The molecule has 31 heavy (non-hydrogen) atoms. The molecule has 0 unspecified atom stereocenters. The normalized spacial score (nSPS) is 13.2. The third-order valence-corrected chi connectivity index (χ3v) is 6.43. The number of fused-ring (bicyclic) bond motifs is 3. The van der Waals surface area contributed by atoms with E-state index in [1.165, 1.54) is 11.3 Å². The van der Waals surface area contributed by atoms with Crippen LogP contribution >= 0.6 is 11.3 Å². The minimum atomic E-state index is -0.480. The highest BCUT2D eigenvalue weighted by molar-refractivity contribution is 7.22. The van der Waals surface area contributed by atoms with Gasteiger partial charge >= 0.3 is 5.97 Å². The van der Waals surface area contributed by atoms with Crippen LogP contribution in [0.4, 0.5) is 5.13 Å². The van der Waals surface area contributed by atoms with Gasteiger partial charge in [0.05, 0.1) is 21.3 Å². The molecule has 1 N–H and O–H groups in total. The molecule has 0 radical (unpaired) electrons. The summed E-state index contributed by atoms with van der Waals surface area (Å²) in [7, 11) is 0. The van der Waals surface area contributed by atoms with Crippen LogP contribution in [0.2, 0.25) is 0 Å². The fourth-order valence-electron chi connectivity index (χ4n) is 4.05. The van der Waals surface area contributed by atoms with Gasteiger partial charge in [0.25, 0.3) is 5.91 Å². The largest absolute Gasteiger partial charge is 0.452 e. The molecular weight excluding hydrogens is 410 g/mol. The number of hydrogen-bond donors (Lipinski definition) is 1. The van der Waals surface area contributed by atoms with Gasteiger partial charge in [0.1, 0.15) is 0 Å². The summed E-state index contributed by atoms with van der Waals surface area (Å²) < 4.78 is 6.43. The molecule has 0 bridgehead atoms. The summed E-state index contributed by atoms with van der Waals surface area (Å²) in [6.07, 6.45) is 3.74. The average Bonchev–Trinajstić information content (AvgIpc) is 3.17. The van der Waals surface area contributed by atoms with Crippen molar-refractivity contribution < 1.29 is 14.3 Å². The highest BCUT2D eigenvalue weighted by Crippen LogP contribution is 2.30. The van der Waals surface area contributed by atoms with Gasteiger partial charge in [-0.1, -0.05) is 35.6 Å². The number of nitrogens with zero attached hydrogens (tertiary/aromatic N) is 2. The lowest BCUT2D eigenvalue weighted by molar-refractivity contribution is -0.119. The van der Waals surface area contributed by atoms with Crippen molar-refractivity contribution in [2.45, 2.75) is 32.6 Å². The first-order valence-corrected chi connectivity index (χ1v) is 11.1. The van der Waals surface area contributed by atoms with Crippen LogP contribution in [0.1, 0.15) is 40.0 Å². The lowest BCUT2D eigenvalue weighted by Gasteiger charge is -2.19. The number of thiazole rings is 1. The molecule has 156 valence electrons. The van der Waals surface area contributed by atoms with E-state index in [2.05, 4.69) is 10.3 Å². The van der Waals surface area contributed by atoms with Crippen LogP contribution in [0.25, 0.3) is 21.1 Å². The third-order valence-electron chi connectivity index (χ3n) is 5.50. The number of esters is 1. The highest BCUT2D eigenvalue weighted by Gasteiger charge is 2.24. The number of amides is 1. The first-order valence-electron chi connectivity index (χ1n) is 10.3. The number of hydrogen-bond acceptors (Lipinski definition) is 6. The summed E-state index contributed by atoms with van der Waals surface area (Å²) in [5.74, 6) is -0.886. The molecule has 6 nitrogen and oxygen atoms in total. The molecule has 5 rings (SSSR count). The second-order valence-corrected chi connectivity index (χ2v) is 8.78. The van der Waals surface area contributed by atoms with Crippen molar-refractivity contribution >= 4 is 49.5 Å². The van der Waals surface area contributed by atoms with E-state index in [-0.39, 0.29) is 6.61 Å². The number of carbonyl (C=O) groups excluding carboxylic acids is 2. The van der Waals surface area contributed by atoms with Crippen molar-refractivity contribution in [1.82, 2.24) is 9.97 Å². The Balaban J connectivity index is 1.34. The summed E-state index contributed by atoms with van der Waals surface area (Å²) >= 11 is 1.40. The van der Waals surface area contributed by atoms with Crippen LogP contribution in [-0.4, -0.2) is 28.5 Å². The molecule has 0 saturated heterocycles. The molecule has 1 amide bonds. The smallest absolute Gasteiger partial charge is 0.339 e. The van der Waals surface area contributed by atoms with Crippen LogP contribution in [0.15, 0.2) is 42.5 Å². The maximum absolute atomic E-state index is 13.0. The van der Waals surface area contributed by atoms with Gasteiger partial charge in [0.2, 0.25) is 0 Å². The summed E-state index contributed by atoms with van der Waals surface area (Å²) in [5, 5.41) is 4.00. The minimum Gasteiger partial charge on any atom is -0.452 e. The predicted molar refractivity (Wildman–Crippen MR) is 122 cm³/mol. The third kappa shape index (κ3) is 3.88. The van der Waals surface area contributed by atoms with Gasteiger partial charge in [0, 0.05) is 11.1 Å². The van der Waals surface area contributed by atoms with Crippen molar-refractivity contribution in [3.63, 3.8) is 0 Å². The van der Waals surface area contributed by atoms with Crippen molar-refractivity contribution in [2.24, 2.45) is 0 Å². The highest BCUT2D eigenvalue weighted by atomic mass is 32.1. The molecule has 1 aliphatic rings. The Morgan fingerprint density at radius 2 is 1.90 bits per heavy atom. The van der Waals surface area contributed by atoms with E-state index < -0.39 is 11.9 Å². The molecule has 0 saturated carbocycles. The van der Waals surface area contributed by atoms with Crippen LogP contribution in [0.5, 0.6) is 0 Å². The van der Waals surface area contributed by atoms with Gasteiger partial charge in [-0.15, -0.1) is 0 Å². The van der Waals surface area contributed by atoms with Crippen molar-refractivity contribution in [2.75, 3.05) is 11.9 Å². The Labute approximate surface area is 183 Å². The molecule has 0 fully saturated rings. The lowest BCUT2D eigenvalue weighted by atomic mass is 9.90. The van der Waals surface area contributed by atoms with Gasteiger partial charge in [-0.3, -0.25) is 15.1 Å². The Bertz CT molecular complexity index is 1330. The molecule has 2 aromatic carbocycles. The fourth-order valence-corrected chi connectivity index (χ4v) is 5.03. The number of pyridine rings is 1. The van der Waals surface area contributed by atoms with E-state index in [1.807, 2.05) is 49.4 Å². The molecule has 0 atom stereocenters. The van der Waals surface area contributed by atoms with Crippen molar-refractivity contribution in [1.29, 1.82) is 0 Å². The number of rotatable bonds is 4. The zero-order chi connectivity index (χ0) is 21.4. The number of para-hydroxylation sites is 1. The number of ether oxygens (including phenoxy) is 1.